The van der Waals surface area contributed by atoms with E-state index >= 15 is 0 Å². The van der Waals surface area contributed by atoms with Crippen molar-refractivity contribution >= 4 is 39.4 Å². The Bertz CT molecular complexity index is 1310. The summed E-state index contributed by atoms with van der Waals surface area (Å²) in [6.45, 7) is 0. The average molecular weight is 406 g/mol. The van der Waals surface area contributed by atoms with Crippen molar-refractivity contribution in [3.8, 4) is 11.1 Å². The molecule has 0 bridgehead atoms. The van der Waals surface area contributed by atoms with Gasteiger partial charge in [0.05, 0.1) is 5.69 Å². The van der Waals surface area contributed by atoms with Crippen LogP contribution >= 0.6 is 11.6 Å². The lowest BCUT2D eigenvalue weighted by atomic mass is 10.0. The highest BCUT2D eigenvalue weighted by atomic mass is 35.5. The number of anilines is 3. The molecule has 0 saturated carbocycles. The van der Waals surface area contributed by atoms with Gasteiger partial charge in [0.2, 0.25) is 0 Å². The van der Waals surface area contributed by atoms with Gasteiger partial charge < -0.3 is 4.90 Å². The molecule has 5 aromatic carbocycles. The van der Waals surface area contributed by atoms with Gasteiger partial charge in [-0.3, -0.25) is 0 Å². The zero-order chi connectivity index (χ0) is 20.3. The fourth-order valence-corrected chi connectivity index (χ4v) is 4.08. The van der Waals surface area contributed by atoms with Crippen LogP contribution in [0.15, 0.2) is 121 Å². The Hall–Kier alpha value is -3.55. The van der Waals surface area contributed by atoms with E-state index in [1.807, 2.05) is 24.3 Å². The van der Waals surface area contributed by atoms with Gasteiger partial charge in [0.25, 0.3) is 0 Å². The quantitative estimate of drug-likeness (QED) is 0.289. The zero-order valence-corrected chi connectivity index (χ0v) is 17.1. The van der Waals surface area contributed by atoms with Crippen LogP contribution in [0.3, 0.4) is 0 Å². The molecule has 0 saturated heterocycles. The summed E-state index contributed by atoms with van der Waals surface area (Å²) in [5.74, 6) is 0. The van der Waals surface area contributed by atoms with E-state index in [0.29, 0.717) is 0 Å². The van der Waals surface area contributed by atoms with Crippen molar-refractivity contribution in [1.29, 1.82) is 0 Å². The molecule has 0 aliphatic heterocycles. The second-order valence-corrected chi connectivity index (χ2v) is 7.67. The largest absolute Gasteiger partial charge is 0.310 e. The molecule has 30 heavy (non-hydrogen) atoms. The van der Waals surface area contributed by atoms with Crippen LogP contribution < -0.4 is 4.90 Å². The molecule has 0 aliphatic rings. The van der Waals surface area contributed by atoms with E-state index in [9.17, 15) is 0 Å². The predicted molar refractivity (Wildman–Crippen MR) is 129 cm³/mol. The number of hydrogen-bond acceptors (Lipinski definition) is 1. The first-order chi connectivity index (χ1) is 14.8. The molecule has 0 radical (unpaired) electrons. The van der Waals surface area contributed by atoms with Crippen molar-refractivity contribution in [2.75, 3.05) is 4.90 Å². The molecule has 0 atom stereocenters. The third-order valence-corrected chi connectivity index (χ3v) is 5.52. The number of benzene rings is 5. The molecule has 0 aromatic heterocycles. The molecular formula is C28H20ClN. The molecular weight excluding hydrogens is 386 g/mol. The number of halogens is 1. The van der Waals surface area contributed by atoms with Gasteiger partial charge in [0, 0.05) is 22.0 Å². The van der Waals surface area contributed by atoms with Gasteiger partial charge in [-0.15, -0.1) is 0 Å². The second kappa shape index (κ2) is 8.06. The molecule has 0 N–H and O–H groups in total. The van der Waals surface area contributed by atoms with Crippen LogP contribution in [0.5, 0.6) is 0 Å². The van der Waals surface area contributed by atoms with E-state index in [0.717, 1.165) is 33.2 Å². The molecule has 0 spiro atoms. The second-order valence-electron chi connectivity index (χ2n) is 7.23. The normalized spacial score (nSPS) is 10.8. The van der Waals surface area contributed by atoms with Crippen molar-refractivity contribution in [3.63, 3.8) is 0 Å². The highest BCUT2D eigenvalue weighted by molar-refractivity contribution is 6.30. The third-order valence-electron chi connectivity index (χ3n) is 5.29. The fraction of sp³-hybridized carbons (Fsp3) is 0. The van der Waals surface area contributed by atoms with E-state index in [1.165, 1.54) is 10.8 Å². The Balaban J connectivity index is 1.74. The lowest BCUT2D eigenvalue weighted by Gasteiger charge is -2.28. The smallest absolute Gasteiger partial charge is 0.0540 e. The van der Waals surface area contributed by atoms with Crippen molar-refractivity contribution in [3.05, 3.63) is 126 Å². The highest BCUT2D eigenvalue weighted by Gasteiger charge is 2.17. The molecule has 5 rings (SSSR count). The van der Waals surface area contributed by atoms with Crippen molar-refractivity contribution in [1.82, 2.24) is 0 Å². The minimum absolute atomic E-state index is 0.735. The van der Waals surface area contributed by atoms with Gasteiger partial charge in [-0.2, -0.15) is 0 Å². The van der Waals surface area contributed by atoms with Crippen molar-refractivity contribution in [2.45, 2.75) is 0 Å². The molecule has 5 aromatic rings. The average Bonchev–Trinajstić information content (AvgIpc) is 2.80. The molecule has 0 aliphatic carbocycles. The summed E-state index contributed by atoms with van der Waals surface area (Å²) in [7, 11) is 0. The fourth-order valence-electron chi connectivity index (χ4n) is 3.89. The van der Waals surface area contributed by atoms with E-state index in [1.54, 1.807) is 0 Å². The lowest BCUT2D eigenvalue weighted by Crippen LogP contribution is -2.11. The summed E-state index contributed by atoms with van der Waals surface area (Å²) in [5.41, 5.74) is 5.58. The van der Waals surface area contributed by atoms with Crippen molar-refractivity contribution in [2.24, 2.45) is 0 Å². The molecule has 0 amide bonds. The number of para-hydroxylation sites is 2. The van der Waals surface area contributed by atoms with E-state index in [-0.39, 0.29) is 0 Å². The molecule has 0 fully saturated rings. The predicted octanol–water partition coefficient (Wildman–Crippen LogP) is 8.63. The zero-order valence-electron chi connectivity index (χ0n) is 16.4. The first-order valence-electron chi connectivity index (χ1n) is 9.98. The van der Waals surface area contributed by atoms with Gasteiger partial charge in [-0.05, 0) is 58.8 Å². The van der Waals surface area contributed by atoms with Crippen LogP contribution in [0.2, 0.25) is 5.02 Å². The van der Waals surface area contributed by atoms with Gasteiger partial charge >= 0.3 is 0 Å². The number of hydrogen-bond donors (Lipinski definition) is 0. The Morgan fingerprint density at radius 2 is 1.23 bits per heavy atom. The SMILES string of the molecule is Clc1cccc(-c2ccccc2N(c2ccccc2)c2ccc3ccccc3c2)c1. The Kier molecular flexibility index (Phi) is 4.96. The maximum atomic E-state index is 6.31. The molecule has 0 unspecified atom stereocenters. The molecule has 0 heterocycles. The van der Waals surface area contributed by atoms with Gasteiger partial charge in [-0.1, -0.05) is 90.5 Å². The van der Waals surface area contributed by atoms with Crippen LogP contribution in [0.1, 0.15) is 0 Å². The van der Waals surface area contributed by atoms with Crippen LogP contribution in [-0.4, -0.2) is 0 Å². The highest BCUT2D eigenvalue weighted by Crippen LogP contribution is 2.41. The Morgan fingerprint density at radius 3 is 2.07 bits per heavy atom. The number of nitrogens with zero attached hydrogens (tertiary/aromatic N) is 1. The monoisotopic (exact) mass is 405 g/mol. The molecule has 144 valence electrons. The molecule has 1 nitrogen and oxygen atoms in total. The summed E-state index contributed by atoms with van der Waals surface area (Å²) in [5, 5.41) is 3.19. The van der Waals surface area contributed by atoms with Gasteiger partial charge in [0.1, 0.15) is 0 Å². The lowest BCUT2D eigenvalue weighted by molar-refractivity contribution is 1.29. The van der Waals surface area contributed by atoms with Crippen LogP contribution in [0, 0.1) is 0 Å². The first-order valence-corrected chi connectivity index (χ1v) is 10.4. The minimum atomic E-state index is 0.735. The Labute approximate surface area is 181 Å². The summed E-state index contributed by atoms with van der Waals surface area (Å²) in [6, 6.07) is 42.1. The van der Waals surface area contributed by atoms with E-state index in [2.05, 4.69) is 102 Å². The van der Waals surface area contributed by atoms with Crippen LogP contribution in [-0.2, 0) is 0 Å². The number of rotatable bonds is 4. The van der Waals surface area contributed by atoms with Crippen LogP contribution in [0.25, 0.3) is 21.9 Å². The first kappa shape index (κ1) is 18.5. The molecule has 2 heteroatoms. The summed E-state index contributed by atoms with van der Waals surface area (Å²) in [6.07, 6.45) is 0. The standard InChI is InChI=1S/C28H20ClN/c29-24-12-8-11-23(19-24)27-15-6-7-16-28(27)30(25-13-2-1-3-14-25)26-18-17-21-9-4-5-10-22(21)20-26/h1-20H. The van der Waals surface area contributed by atoms with Gasteiger partial charge in [0.15, 0.2) is 0 Å². The van der Waals surface area contributed by atoms with E-state index < -0.39 is 0 Å². The summed E-state index contributed by atoms with van der Waals surface area (Å²) in [4.78, 5) is 2.31. The van der Waals surface area contributed by atoms with Gasteiger partial charge in [-0.25, -0.2) is 0 Å². The third kappa shape index (κ3) is 3.56. The topological polar surface area (TPSA) is 3.24 Å². The number of fused-ring (bicyclic) bond motifs is 1. The summed E-state index contributed by atoms with van der Waals surface area (Å²) >= 11 is 6.31. The summed E-state index contributed by atoms with van der Waals surface area (Å²) < 4.78 is 0. The minimum Gasteiger partial charge on any atom is -0.310 e. The maximum Gasteiger partial charge on any atom is 0.0540 e. The Morgan fingerprint density at radius 1 is 0.500 bits per heavy atom. The maximum absolute atomic E-state index is 6.31. The van der Waals surface area contributed by atoms with E-state index in [4.69, 9.17) is 11.6 Å². The van der Waals surface area contributed by atoms with Crippen molar-refractivity contribution < 1.29 is 0 Å². The van der Waals surface area contributed by atoms with Crippen LogP contribution in [0.4, 0.5) is 17.1 Å².